The van der Waals surface area contributed by atoms with Crippen molar-refractivity contribution in [2.45, 2.75) is 44.4 Å². The lowest BCUT2D eigenvalue weighted by Crippen LogP contribution is -2.37. The van der Waals surface area contributed by atoms with Gasteiger partial charge in [-0.05, 0) is 25.3 Å². The zero-order chi connectivity index (χ0) is 17.8. The molecule has 0 aromatic carbocycles. The second-order valence-corrected chi connectivity index (χ2v) is 7.15. The second-order valence-electron chi connectivity index (χ2n) is 5.78. The summed E-state index contributed by atoms with van der Waals surface area (Å²) in [5.41, 5.74) is -0.902. The van der Waals surface area contributed by atoms with Crippen LogP contribution in [0.1, 0.15) is 32.8 Å². The molecule has 0 bridgehead atoms. The Kier molecular flexibility index (Phi) is 7.20. The van der Waals surface area contributed by atoms with Gasteiger partial charge in [0.2, 0.25) is 5.91 Å². The van der Waals surface area contributed by atoms with E-state index in [1.165, 1.54) is 0 Å². The molecular formula is C15H20ClF3N2OS. The first-order chi connectivity index (χ1) is 10.5. The summed E-state index contributed by atoms with van der Waals surface area (Å²) in [6.45, 7) is 6.12. The molecule has 8 heteroatoms. The molecule has 0 aliphatic carbocycles. The third-order valence-corrected chi connectivity index (χ3v) is 4.72. The van der Waals surface area contributed by atoms with Crippen molar-refractivity contribution in [3.63, 3.8) is 0 Å². The molecule has 0 fully saturated rings. The van der Waals surface area contributed by atoms with Crippen molar-refractivity contribution < 1.29 is 18.0 Å². The number of pyridine rings is 1. The first kappa shape index (κ1) is 20.1. The van der Waals surface area contributed by atoms with E-state index in [1.54, 1.807) is 11.9 Å². The van der Waals surface area contributed by atoms with Crippen LogP contribution in [-0.4, -0.2) is 34.6 Å². The van der Waals surface area contributed by atoms with Gasteiger partial charge in [-0.25, -0.2) is 4.98 Å². The standard InChI is InChI=1S/C15H20ClF3N2OS/c1-9(2)5-10(3)21(4)13(22)8-23-14-12(16)6-11(7-20-14)15(17,18)19/h6-7,9-10H,5,8H2,1-4H3. The van der Waals surface area contributed by atoms with E-state index in [9.17, 15) is 18.0 Å². The van der Waals surface area contributed by atoms with E-state index in [4.69, 9.17) is 11.6 Å². The SMILES string of the molecule is CC(C)CC(C)N(C)C(=O)CSc1ncc(C(F)(F)F)cc1Cl. The minimum atomic E-state index is -4.48. The monoisotopic (exact) mass is 368 g/mol. The minimum absolute atomic E-state index is 0.0804. The summed E-state index contributed by atoms with van der Waals surface area (Å²) in [5, 5.41) is 0.119. The van der Waals surface area contributed by atoms with E-state index in [-0.39, 0.29) is 27.8 Å². The highest BCUT2D eigenvalue weighted by Gasteiger charge is 2.31. The van der Waals surface area contributed by atoms with Crippen LogP contribution in [0, 0.1) is 5.92 Å². The number of carbonyl (C=O) groups excluding carboxylic acids is 1. The smallest absolute Gasteiger partial charge is 0.342 e. The highest BCUT2D eigenvalue weighted by atomic mass is 35.5. The molecule has 1 heterocycles. The molecule has 3 nitrogen and oxygen atoms in total. The van der Waals surface area contributed by atoms with Gasteiger partial charge in [-0.3, -0.25) is 4.79 Å². The average Bonchev–Trinajstić information content (AvgIpc) is 2.42. The molecule has 0 saturated heterocycles. The molecule has 1 rings (SSSR count). The van der Waals surface area contributed by atoms with Gasteiger partial charge in [0.1, 0.15) is 5.03 Å². The van der Waals surface area contributed by atoms with E-state index >= 15 is 0 Å². The third kappa shape index (κ3) is 6.22. The number of hydrogen-bond acceptors (Lipinski definition) is 3. The predicted octanol–water partition coefficient (Wildman–Crippen LogP) is 4.74. The van der Waals surface area contributed by atoms with Gasteiger partial charge in [0.15, 0.2) is 0 Å². The first-order valence-corrected chi connectivity index (χ1v) is 8.50. The van der Waals surface area contributed by atoms with E-state index in [2.05, 4.69) is 18.8 Å². The molecule has 0 aliphatic rings. The quantitative estimate of drug-likeness (QED) is 0.680. The topological polar surface area (TPSA) is 33.2 Å². The third-order valence-electron chi connectivity index (χ3n) is 3.33. The van der Waals surface area contributed by atoms with Crippen molar-refractivity contribution in [3.8, 4) is 0 Å². The Bertz CT molecular complexity index is 552. The van der Waals surface area contributed by atoms with Crippen molar-refractivity contribution in [1.29, 1.82) is 0 Å². The molecule has 0 N–H and O–H groups in total. The summed E-state index contributed by atoms with van der Waals surface area (Å²) in [5.74, 6) is 0.441. The summed E-state index contributed by atoms with van der Waals surface area (Å²) < 4.78 is 37.6. The van der Waals surface area contributed by atoms with Crippen LogP contribution in [0.4, 0.5) is 13.2 Å². The number of amides is 1. The van der Waals surface area contributed by atoms with Crippen molar-refractivity contribution in [1.82, 2.24) is 9.88 Å². The summed E-state index contributed by atoms with van der Waals surface area (Å²) in [7, 11) is 1.72. The van der Waals surface area contributed by atoms with Gasteiger partial charge in [-0.2, -0.15) is 13.2 Å². The molecule has 1 unspecified atom stereocenters. The Morgan fingerprint density at radius 1 is 1.39 bits per heavy atom. The summed E-state index contributed by atoms with van der Waals surface area (Å²) in [4.78, 5) is 17.5. The molecule has 0 saturated carbocycles. The van der Waals surface area contributed by atoms with Crippen LogP contribution >= 0.6 is 23.4 Å². The summed E-state index contributed by atoms with van der Waals surface area (Å²) in [6, 6.07) is 0.922. The second kappa shape index (κ2) is 8.24. The van der Waals surface area contributed by atoms with Gasteiger partial charge in [-0.1, -0.05) is 37.2 Å². The van der Waals surface area contributed by atoms with Crippen molar-refractivity contribution in [2.24, 2.45) is 5.92 Å². The van der Waals surface area contributed by atoms with Gasteiger partial charge < -0.3 is 4.90 Å². The largest absolute Gasteiger partial charge is 0.417 e. The van der Waals surface area contributed by atoms with Gasteiger partial charge in [0, 0.05) is 19.3 Å². The zero-order valence-corrected chi connectivity index (χ0v) is 15.0. The van der Waals surface area contributed by atoms with Crippen LogP contribution < -0.4 is 0 Å². The maximum Gasteiger partial charge on any atom is 0.417 e. The molecule has 1 aromatic rings. The fourth-order valence-corrected chi connectivity index (χ4v) is 3.12. The Morgan fingerprint density at radius 2 is 2.00 bits per heavy atom. The first-order valence-electron chi connectivity index (χ1n) is 7.13. The maximum absolute atomic E-state index is 12.5. The molecule has 1 amide bonds. The molecule has 1 atom stereocenters. The Labute approximate surface area is 143 Å². The molecule has 0 spiro atoms. The molecule has 0 radical (unpaired) electrons. The number of carbonyl (C=O) groups is 1. The van der Waals surface area contributed by atoms with Crippen LogP contribution in [0.2, 0.25) is 5.02 Å². The number of nitrogens with zero attached hydrogens (tertiary/aromatic N) is 2. The van der Waals surface area contributed by atoms with Gasteiger partial charge in [0.25, 0.3) is 0 Å². The van der Waals surface area contributed by atoms with Crippen LogP contribution in [0.15, 0.2) is 17.3 Å². The Hall–Kier alpha value is -0.950. The number of halogens is 4. The predicted molar refractivity (Wildman–Crippen MR) is 86.7 cm³/mol. The number of thioether (sulfide) groups is 1. The van der Waals surface area contributed by atoms with Crippen LogP contribution in [0.3, 0.4) is 0 Å². The minimum Gasteiger partial charge on any atom is -0.342 e. The highest BCUT2D eigenvalue weighted by molar-refractivity contribution is 8.00. The number of rotatable bonds is 6. The average molecular weight is 369 g/mol. The molecule has 0 aliphatic heterocycles. The lowest BCUT2D eigenvalue weighted by Gasteiger charge is -2.26. The highest BCUT2D eigenvalue weighted by Crippen LogP contribution is 2.33. The molecular weight excluding hydrogens is 349 g/mol. The zero-order valence-electron chi connectivity index (χ0n) is 13.4. The van der Waals surface area contributed by atoms with Gasteiger partial charge >= 0.3 is 6.18 Å². The lowest BCUT2D eigenvalue weighted by molar-refractivity contribution is -0.138. The summed E-state index contributed by atoms with van der Waals surface area (Å²) in [6.07, 6.45) is -2.88. The molecule has 130 valence electrons. The number of hydrogen-bond donors (Lipinski definition) is 0. The number of alkyl halides is 3. The van der Waals surface area contributed by atoms with E-state index in [0.717, 1.165) is 30.4 Å². The molecule has 1 aromatic heterocycles. The van der Waals surface area contributed by atoms with Crippen molar-refractivity contribution in [3.05, 3.63) is 22.8 Å². The van der Waals surface area contributed by atoms with E-state index in [1.807, 2.05) is 6.92 Å². The number of aromatic nitrogens is 1. The van der Waals surface area contributed by atoms with Crippen molar-refractivity contribution >= 4 is 29.3 Å². The van der Waals surface area contributed by atoms with Crippen LogP contribution in [0.5, 0.6) is 0 Å². The fourth-order valence-electron chi connectivity index (χ4n) is 2.00. The normalized spacial score (nSPS) is 13.3. The Morgan fingerprint density at radius 3 is 2.48 bits per heavy atom. The van der Waals surface area contributed by atoms with Crippen LogP contribution in [-0.2, 0) is 11.0 Å². The fraction of sp³-hybridized carbons (Fsp3) is 0.600. The van der Waals surface area contributed by atoms with E-state index in [0.29, 0.717) is 5.92 Å². The van der Waals surface area contributed by atoms with Gasteiger partial charge in [-0.15, -0.1) is 0 Å². The molecule has 23 heavy (non-hydrogen) atoms. The maximum atomic E-state index is 12.5. The van der Waals surface area contributed by atoms with Gasteiger partial charge in [0.05, 0.1) is 16.3 Å². The van der Waals surface area contributed by atoms with E-state index < -0.39 is 11.7 Å². The van der Waals surface area contributed by atoms with Crippen molar-refractivity contribution in [2.75, 3.05) is 12.8 Å². The Balaban J connectivity index is 2.66. The lowest BCUT2D eigenvalue weighted by atomic mass is 10.0. The summed E-state index contributed by atoms with van der Waals surface area (Å²) >= 11 is 6.86. The van der Waals surface area contributed by atoms with Crippen LogP contribution in [0.25, 0.3) is 0 Å².